The summed E-state index contributed by atoms with van der Waals surface area (Å²) in [5.74, 6) is 1.59. The lowest BCUT2D eigenvalue weighted by molar-refractivity contribution is 0.962. The molecule has 0 bridgehead atoms. The number of hydrogen-bond donors (Lipinski definition) is 2. The number of unbranched alkanes of at least 4 members (excludes halogenated alkanes) is 1. The largest absolute Gasteiger partial charge is 0.383 e. The number of nitrogens with zero attached hydrogens (tertiary/aromatic N) is 3. The SMILES string of the molecule is CCC/C=C/c1cc(C)c(-c2cccc3c(N)nc(Nc4cc(C)c(C)cn4)nc23)c(C)c1. The van der Waals surface area contributed by atoms with Crippen molar-refractivity contribution in [3.05, 3.63) is 76.5 Å². The first-order valence-corrected chi connectivity index (χ1v) is 11.4. The Morgan fingerprint density at radius 2 is 1.70 bits per heavy atom. The fourth-order valence-corrected chi connectivity index (χ4v) is 4.14. The van der Waals surface area contributed by atoms with Crippen molar-refractivity contribution in [3.63, 3.8) is 0 Å². The van der Waals surface area contributed by atoms with Crippen molar-refractivity contribution in [2.45, 2.75) is 47.5 Å². The van der Waals surface area contributed by atoms with Crippen LogP contribution in [0.25, 0.3) is 28.1 Å². The monoisotopic (exact) mass is 437 g/mol. The number of pyridine rings is 1. The van der Waals surface area contributed by atoms with Gasteiger partial charge in [0.05, 0.1) is 5.52 Å². The molecule has 4 aromatic rings. The number of fused-ring (bicyclic) bond motifs is 1. The van der Waals surface area contributed by atoms with E-state index in [4.69, 9.17) is 10.7 Å². The quantitative estimate of drug-likeness (QED) is 0.337. The highest BCUT2D eigenvalue weighted by atomic mass is 15.2. The van der Waals surface area contributed by atoms with E-state index in [9.17, 15) is 0 Å². The first-order valence-electron chi connectivity index (χ1n) is 11.4. The lowest BCUT2D eigenvalue weighted by Gasteiger charge is -2.15. The first-order chi connectivity index (χ1) is 15.9. The number of anilines is 3. The molecule has 0 aliphatic carbocycles. The average Bonchev–Trinajstić information content (AvgIpc) is 2.76. The third-order valence-electron chi connectivity index (χ3n) is 5.96. The molecule has 0 fully saturated rings. The predicted molar refractivity (Wildman–Crippen MR) is 140 cm³/mol. The van der Waals surface area contributed by atoms with Gasteiger partial charge in [-0.2, -0.15) is 4.98 Å². The van der Waals surface area contributed by atoms with Crippen molar-refractivity contribution in [3.8, 4) is 11.1 Å². The van der Waals surface area contributed by atoms with E-state index in [2.05, 4.69) is 73.3 Å². The molecule has 0 aliphatic rings. The van der Waals surface area contributed by atoms with Gasteiger partial charge < -0.3 is 11.1 Å². The number of allylic oxidation sites excluding steroid dienone is 1. The molecule has 168 valence electrons. The Hall–Kier alpha value is -3.73. The van der Waals surface area contributed by atoms with Gasteiger partial charge in [0.2, 0.25) is 5.95 Å². The molecule has 0 spiro atoms. The third-order valence-corrected chi connectivity index (χ3v) is 5.96. The van der Waals surface area contributed by atoms with E-state index in [-0.39, 0.29) is 0 Å². The van der Waals surface area contributed by atoms with Crippen LogP contribution in [0.3, 0.4) is 0 Å². The van der Waals surface area contributed by atoms with Crippen LogP contribution in [0.5, 0.6) is 0 Å². The first kappa shape index (κ1) is 22.5. The highest BCUT2D eigenvalue weighted by Gasteiger charge is 2.15. The molecule has 0 saturated carbocycles. The van der Waals surface area contributed by atoms with Crippen molar-refractivity contribution in [1.29, 1.82) is 0 Å². The number of para-hydroxylation sites is 1. The summed E-state index contributed by atoms with van der Waals surface area (Å²) in [4.78, 5) is 13.8. The van der Waals surface area contributed by atoms with Crippen molar-refractivity contribution in [2.24, 2.45) is 0 Å². The Bertz CT molecular complexity index is 1330. The second-order valence-electron chi connectivity index (χ2n) is 8.63. The van der Waals surface area contributed by atoms with Crippen LogP contribution in [0.1, 0.15) is 47.6 Å². The normalized spacial score (nSPS) is 11.4. The molecule has 0 aliphatic heterocycles. The number of rotatable bonds is 6. The van der Waals surface area contributed by atoms with Gasteiger partial charge in [-0.05, 0) is 79.6 Å². The Morgan fingerprint density at radius 3 is 2.39 bits per heavy atom. The Labute approximate surface area is 195 Å². The van der Waals surface area contributed by atoms with Gasteiger partial charge in [0.15, 0.2) is 0 Å². The van der Waals surface area contributed by atoms with E-state index >= 15 is 0 Å². The van der Waals surface area contributed by atoms with Crippen LogP contribution in [0.15, 0.2) is 48.7 Å². The van der Waals surface area contributed by atoms with Gasteiger partial charge in [-0.25, -0.2) is 9.97 Å². The molecule has 33 heavy (non-hydrogen) atoms. The van der Waals surface area contributed by atoms with Gasteiger partial charge in [0.25, 0.3) is 0 Å². The van der Waals surface area contributed by atoms with E-state index < -0.39 is 0 Å². The topological polar surface area (TPSA) is 76.7 Å². The second kappa shape index (κ2) is 9.41. The molecule has 5 nitrogen and oxygen atoms in total. The summed E-state index contributed by atoms with van der Waals surface area (Å²) in [5.41, 5.74) is 15.4. The molecule has 0 unspecified atom stereocenters. The summed E-state index contributed by atoms with van der Waals surface area (Å²) in [6.07, 6.45) is 8.52. The van der Waals surface area contributed by atoms with Crippen LogP contribution in [-0.4, -0.2) is 15.0 Å². The second-order valence-corrected chi connectivity index (χ2v) is 8.63. The Balaban J connectivity index is 1.81. The number of benzene rings is 2. The van der Waals surface area contributed by atoms with E-state index in [1.54, 1.807) is 0 Å². The van der Waals surface area contributed by atoms with Gasteiger partial charge >= 0.3 is 0 Å². The van der Waals surface area contributed by atoms with Crippen molar-refractivity contribution in [2.75, 3.05) is 11.1 Å². The smallest absolute Gasteiger partial charge is 0.230 e. The zero-order valence-corrected chi connectivity index (χ0v) is 20.0. The molecule has 5 heteroatoms. The van der Waals surface area contributed by atoms with Gasteiger partial charge in [-0.3, -0.25) is 0 Å². The van der Waals surface area contributed by atoms with E-state index in [0.29, 0.717) is 17.6 Å². The minimum atomic E-state index is 0.442. The van der Waals surface area contributed by atoms with Crippen LogP contribution in [0.2, 0.25) is 0 Å². The minimum absolute atomic E-state index is 0.442. The van der Waals surface area contributed by atoms with Crippen molar-refractivity contribution < 1.29 is 0 Å². The summed E-state index contributed by atoms with van der Waals surface area (Å²) in [5, 5.41) is 4.07. The van der Waals surface area contributed by atoms with Crippen LogP contribution in [0.4, 0.5) is 17.6 Å². The molecule has 2 aromatic carbocycles. The predicted octanol–water partition coefficient (Wildman–Crippen LogP) is 7.06. The highest BCUT2D eigenvalue weighted by Crippen LogP contribution is 2.35. The van der Waals surface area contributed by atoms with Crippen LogP contribution in [0, 0.1) is 27.7 Å². The number of aromatic nitrogens is 3. The van der Waals surface area contributed by atoms with Crippen LogP contribution in [-0.2, 0) is 0 Å². The molecule has 0 atom stereocenters. The maximum atomic E-state index is 6.36. The van der Waals surface area contributed by atoms with Crippen LogP contribution >= 0.6 is 0 Å². The summed E-state index contributed by atoms with van der Waals surface area (Å²) in [6, 6.07) is 12.5. The lowest BCUT2D eigenvalue weighted by atomic mass is 9.92. The maximum Gasteiger partial charge on any atom is 0.230 e. The molecule has 0 amide bonds. The highest BCUT2D eigenvalue weighted by molar-refractivity contribution is 6.00. The van der Waals surface area contributed by atoms with Gasteiger partial charge in [-0.1, -0.05) is 49.8 Å². The fourth-order valence-electron chi connectivity index (χ4n) is 4.14. The maximum absolute atomic E-state index is 6.36. The summed E-state index contributed by atoms with van der Waals surface area (Å²) < 4.78 is 0. The van der Waals surface area contributed by atoms with E-state index in [1.807, 2.05) is 31.3 Å². The standard InChI is InChI=1S/C28H31N5/c1-6-7-8-10-21-13-18(3)25(19(4)14-21)22-11-9-12-23-26(22)32-28(33-27(23)29)31-24-15-17(2)20(5)16-30-24/h8-16H,6-7H2,1-5H3,(H3,29,30,31,32,33)/b10-8+. The average molecular weight is 438 g/mol. The van der Waals surface area contributed by atoms with E-state index in [1.165, 1.54) is 22.3 Å². The zero-order valence-electron chi connectivity index (χ0n) is 20.0. The number of nitrogens with two attached hydrogens (primary N) is 1. The fraction of sp³-hybridized carbons (Fsp3) is 0.250. The Kier molecular flexibility index (Phi) is 6.40. The molecule has 0 saturated heterocycles. The lowest BCUT2D eigenvalue weighted by Crippen LogP contribution is -2.04. The molecule has 2 heterocycles. The van der Waals surface area contributed by atoms with Gasteiger partial charge in [0.1, 0.15) is 11.6 Å². The van der Waals surface area contributed by atoms with E-state index in [0.717, 1.165) is 40.4 Å². The number of nitrogens with one attached hydrogen (secondary N) is 1. The Morgan fingerprint density at radius 1 is 0.939 bits per heavy atom. The zero-order chi connectivity index (χ0) is 23.5. The molecular formula is C28H31N5. The number of aryl methyl sites for hydroxylation is 4. The molecule has 0 radical (unpaired) electrons. The summed E-state index contributed by atoms with van der Waals surface area (Å²) >= 11 is 0. The number of hydrogen-bond acceptors (Lipinski definition) is 5. The van der Waals surface area contributed by atoms with Crippen molar-refractivity contribution >= 4 is 34.6 Å². The molecule has 2 aromatic heterocycles. The van der Waals surface area contributed by atoms with Crippen LogP contribution < -0.4 is 11.1 Å². The molecule has 4 rings (SSSR count). The van der Waals surface area contributed by atoms with Gasteiger partial charge in [0, 0.05) is 17.1 Å². The summed E-state index contributed by atoms with van der Waals surface area (Å²) in [6.45, 7) is 10.6. The number of nitrogen functional groups attached to an aromatic ring is 1. The third kappa shape index (κ3) is 4.72. The van der Waals surface area contributed by atoms with Gasteiger partial charge in [-0.15, -0.1) is 0 Å². The molecule has 3 N–H and O–H groups in total. The minimum Gasteiger partial charge on any atom is -0.383 e. The van der Waals surface area contributed by atoms with Crippen molar-refractivity contribution in [1.82, 2.24) is 15.0 Å². The summed E-state index contributed by atoms with van der Waals surface area (Å²) in [7, 11) is 0. The molecular weight excluding hydrogens is 406 g/mol.